The van der Waals surface area contributed by atoms with E-state index in [0.717, 1.165) is 42.2 Å². The number of furan rings is 1. The molecule has 1 aromatic heterocycles. The number of carbonyl (C=O) groups is 1. The van der Waals surface area contributed by atoms with Gasteiger partial charge in [0.2, 0.25) is 5.91 Å². The molecule has 1 aliphatic heterocycles. The SMILES string of the molecule is CN1CCN(Cc2cccc(NC(=O)/C=C/c3ccc(I)o3)c2)CC1. The van der Waals surface area contributed by atoms with Gasteiger partial charge in [0.05, 0.1) is 0 Å². The van der Waals surface area contributed by atoms with Crippen molar-refractivity contribution in [2.75, 3.05) is 38.5 Å². The minimum atomic E-state index is -0.164. The number of hydrogen-bond donors (Lipinski definition) is 1. The molecule has 1 saturated heterocycles. The van der Waals surface area contributed by atoms with Crippen molar-refractivity contribution in [3.8, 4) is 0 Å². The van der Waals surface area contributed by atoms with Crippen LogP contribution >= 0.6 is 22.6 Å². The van der Waals surface area contributed by atoms with Crippen LogP contribution in [0.15, 0.2) is 46.9 Å². The highest BCUT2D eigenvalue weighted by molar-refractivity contribution is 14.1. The molecule has 0 spiro atoms. The summed E-state index contributed by atoms with van der Waals surface area (Å²) in [5.41, 5.74) is 2.03. The Morgan fingerprint density at radius 2 is 2.04 bits per heavy atom. The lowest BCUT2D eigenvalue weighted by Gasteiger charge is -2.32. The van der Waals surface area contributed by atoms with E-state index in [1.807, 2.05) is 30.3 Å². The van der Waals surface area contributed by atoms with Crippen molar-refractivity contribution in [2.45, 2.75) is 6.54 Å². The summed E-state index contributed by atoms with van der Waals surface area (Å²) in [5.74, 6) is 0.506. The van der Waals surface area contributed by atoms with Crippen LogP contribution in [-0.4, -0.2) is 48.9 Å². The van der Waals surface area contributed by atoms with Crippen molar-refractivity contribution in [3.05, 3.63) is 57.6 Å². The quantitative estimate of drug-likeness (QED) is 0.560. The highest BCUT2D eigenvalue weighted by atomic mass is 127. The van der Waals surface area contributed by atoms with Gasteiger partial charge in [0.25, 0.3) is 0 Å². The molecule has 1 fully saturated rings. The summed E-state index contributed by atoms with van der Waals surface area (Å²) in [6.45, 7) is 5.29. The third kappa shape index (κ3) is 5.69. The first kappa shape index (κ1) is 18.2. The van der Waals surface area contributed by atoms with E-state index in [1.54, 1.807) is 6.08 Å². The summed E-state index contributed by atoms with van der Waals surface area (Å²) in [4.78, 5) is 16.9. The second-order valence-corrected chi connectivity index (χ2v) is 7.31. The van der Waals surface area contributed by atoms with Crippen LogP contribution in [-0.2, 0) is 11.3 Å². The molecular weight excluding hydrogens is 429 g/mol. The molecule has 0 saturated carbocycles. The van der Waals surface area contributed by atoms with Gasteiger partial charge in [-0.15, -0.1) is 0 Å². The minimum absolute atomic E-state index is 0.164. The zero-order valence-corrected chi connectivity index (χ0v) is 16.4. The highest BCUT2D eigenvalue weighted by Crippen LogP contribution is 2.15. The zero-order chi connectivity index (χ0) is 17.6. The Bertz CT molecular complexity index is 749. The third-order valence-corrected chi connectivity index (χ3v) is 4.77. The Morgan fingerprint density at radius 1 is 1.24 bits per heavy atom. The number of nitrogens with one attached hydrogen (secondary N) is 1. The summed E-state index contributed by atoms with van der Waals surface area (Å²) in [5, 5.41) is 2.91. The number of benzene rings is 1. The number of piperazine rings is 1. The molecule has 1 amide bonds. The van der Waals surface area contributed by atoms with E-state index < -0.39 is 0 Å². The molecule has 3 rings (SSSR count). The lowest BCUT2D eigenvalue weighted by molar-refractivity contribution is -0.111. The third-order valence-electron chi connectivity index (χ3n) is 4.19. The van der Waals surface area contributed by atoms with Crippen LogP contribution < -0.4 is 5.32 Å². The molecule has 0 aliphatic carbocycles. The maximum atomic E-state index is 12.1. The van der Waals surface area contributed by atoms with Gasteiger partial charge < -0.3 is 14.6 Å². The Hall–Kier alpha value is -1.64. The number of amides is 1. The summed E-state index contributed by atoms with van der Waals surface area (Å²) < 4.78 is 6.21. The van der Waals surface area contributed by atoms with Crippen LogP contribution in [0.25, 0.3) is 6.08 Å². The van der Waals surface area contributed by atoms with Gasteiger partial charge in [-0.05, 0) is 65.5 Å². The van der Waals surface area contributed by atoms with Crippen LogP contribution in [0.3, 0.4) is 0 Å². The van der Waals surface area contributed by atoms with Crippen molar-refractivity contribution < 1.29 is 9.21 Å². The van der Waals surface area contributed by atoms with Crippen molar-refractivity contribution in [2.24, 2.45) is 0 Å². The van der Waals surface area contributed by atoms with Crippen LogP contribution in [0.4, 0.5) is 5.69 Å². The molecule has 1 aromatic carbocycles. The fourth-order valence-corrected chi connectivity index (χ4v) is 3.21. The van der Waals surface area contributed by atoms with Crippen molar-refractivity contribution in [1.29, 1.82) is 0 Å². The number of anilines is 1. The van der Waals surface area contributed by atoms with E-state index in [1.165, 1.54) is 11.6 Å². The maximum absolute atomic E-state index is 12.1. The lowest BCUT2D eigenvalue weighted by atomic mass is 10.1. The van der Waals surface area contributed by atoms with E-state index in [2.05, 4.69) is 50.8 Å². The van der Waals surface area contributed by atoms with E-state index >= 15 is 0 Å². The molecule has 6 heteroatoms. The second-order valence-electron chi connectivity index (χ2n) is 6.24. The van der Waals surface area contributed by atoms with E-state index in [9.17, 15) is 4.79 Å². The maximum Gasteiger partial charge on any atom is 0.248 e. The van der Waals surface area contributed by atoms with Crippen LogP contribution in [0.1, 0.15) is 11.3 Å². The van der Waals surface area contributed by atoms with E-state index in [4.69, 9.17) is 4.42 Å². The molecule has 1 aliphatic rings. The van der Waals surface area contributed by atoms with Crippen LogP contribution in [0.5, 0.6) is 0 Å². The summed E-state index contributed by atoms with van der Waals surface area (Å²) in [7, 11) is 2.16. The average molecular weight is 451 g/mol. The number of hydrogen-bond acceptors (Lipinski definition) is 4. The molecule has 25 heavy (non-hydrogen) atoms. The number of carbonyl (C=O) groups excluding carboxylic acids is 1. The van der Waals surface area contributed by atoms with Gasteiger partial charge in [-0.3, -0.25) is 9.69 Å². The first-order chi connectivity index (χ1) is 12.1. The predicted molar refractivity (Wildman–Crippen MR) is 108 cm³/mol. The van der Waals surface area contributed by atoms with Crippen LogP contribution in [0, 0.1) is 3.77 Å². The predicted octanol–water partition coefficient (Wildman–Crippen LogP) is 3.28. The monoisotopic (exact) mass is 451 g/mol. The normalized spacial score (nSPS) is 16.4. The smallest absolute Gasteiger partial charge is 0.248 e. The van der Waals surface area contributed by atoms with Gasteiger partial charge in [0.1, 0.15) is 5.76 Å². The molecule has 0 radical (unpaired) electrons. The largest absolute Gasteiger partial charge is 0.451 e. The standard InChI is InChI=1S/C19H22IN3O2/c1-22-9-11-23(12-10-22)14-15-3-2-4-16(13-15)21-19(24)8-6-17-5-7-18(20)25-17/h2-8,13H,9-12,14H2,1H3,(H,21,24)/b8-6+. The summed E-state index contributed by atoms with van der Waals surface area (Å²) in [6, 6.07) is 11.7. The van der Waals surface area contributed by atoms with Gasteiger partial charge in [0, 0.05) is 44.5 Å². The number of likely N-dealkylation sites (N-methyl/N-ethyl adjacent to an activating group) is 1. The molecule has 5 nitrogen and oxygen atoms in total. The number of nitrogens with zero attached hydrogens (tertiary/aromatic N) is 2. The number of halogens is 1. The molecule has 1 N–H and O–H groups in total. The minimum Gasteiger partial charge on any atom is -0.451 e. The molecule has 2 heterocycles. The summed E-state index contributed by atoms with van der Waals surface area (Å²) in [6.07, 6.45) is 3.16. The van der Waals surface area contributed by atoms with E-state index in [0.29, 0.717) is 5.76 Å². The Balaban J connectivity index is 1.55. The Morgan fingerprint density at radius 3 is 2.76 bits per heavy atom. The van der Waals surface area contributed by atoms with Gasteiger partial charge in [-0.1, -0.05) is 12.1 Å². The van der Waals surface area contributed by atoms with E-state index in [-0.39, 0.29) is 5.91 Å². The topological polar surface area (TPSA) is 48.7 Å². The van der Waals surface area contributed by atoms with Gasteiger partial charge in [0.15, 0.2) is 3.77 Å². The van der Waals surface area contributed by atoms with Gasteiger partial charge in [-0.25, -0.2) is 0 Å². The Kier molecular flexibility index (Phi) is 6.28. The number of rotatable bonds is 5. The first-order valence-corrected chi connectivity index (χ1v) is 9.40. The molecule has 2 aromatic rings. The van der Waals surface area contributed by atoms with Crippen molar-refractivity contribution >= 4 is 40.3 Å². The average Bonchev–Trinajstić information content (AvgIpc) is 3.01. The first-order valence-electron chi connectivity index (χ1n) is 8.33. The highest BCUT2D eigenvalue weighted by Gasteiger charge is 2.13. The van der Waals surface area contributed by atoms with Crippen molar-refractivity contribution in [1.82, 2.24) is 9.80 Å². The lowest BCUT2D eigenvalue weighted by Crippen LogP contribution is -2.43. The van der Waals surface area contributed by atoms with Crippen LogP contribution in [0.2, 0.25) is 0 Å². The fraction of sp³-hybridized carbons (Fsp3) is 0.316. The molecule has 0 unspecified atom stereocenters. The molecular formula is C19H22IN3O2. The zero-order valence-electron chi connectivity index (χ0n) is 14.2. The fourth-order valence-electron chi connectivity index (χ4n) is 2.77. The second kappa shape index (κ2) is 8.64. The van der Waals surface area contributed by atoms with Gasteiger partial charge >= 0.3 is 0 Å². The molecule has 0 atom stereocenters. The molecule has 0 bridgehead atoms. The summed E-state index contributed by atoms with van der Waals surface area (Å²) >= 11 is 2.10. The Labute approximate surface area is 161 Å². The van der Waals surface area contributed by atoms with Gasteiger partial charge in [-0.2, -0.15) is 0 Å². The van der Waals surface area contributed by atoms with Crippen molar-refractivity contribution in [3.63, 3.8) is 0 Å². The molecule has 132 valence electrons.